The lowest BCUT2D eigenvalue weighted by atomic mass is 10.2. The van der Waals surface area contributed by atoms with Gasteiger partial charge in [0.1, 0.15) is 5.82 Å². The van der Waals surface area contributed by atoms with Gasteiger partial charge in [-0.2, -0.15) is 0 Å². The molecule has 0 spiro atoms. The lowest BCUT2D eigenvalue weighted by Crippen LogP contribution is -2.21. The van der Waals surface area contributed by atoms with Crippen LogP contribution in [0.5, 0.6) is 0 Å². The third kappa shape index (κ3) is 4.24. The highest BCUT2D eigenvalue weighted by Gasteiger charge is 2.04. The smallest absolute Gasteiger partial charge is 0.243 e. The Morgan fingerprint density at radius 2 is 2.00 bits per heavy atom. The predicted molar refractivity (Wildman–Crippen MR) is 79.7 cm³/mol. The standard InChI is InChI=1S/C15H14ClFN2O/c1-10-5-12(17)8-14(6-10)18-9-15(20)19-13-4-2-3-11(16)7-13/h2-8,18H,9H2,1H3,(H,19,20). The van der Waals surface area contributed by atoms with Gasteiger partial charge in [-0.3, -0.25) is 4.79 Å². The third-order valence-corrected chi connectivity index (χ3v) is 2.84. The van der Waals surface area contributed by atoms with Crippen LogP contribution in [0, 0.1) is 12.7 Å². The third-order valence-electron chi connectivity index (χ3n) is 2.60. The summed E-state index contributed by atoms with van der Waals surface area (Å²) in [4.78, 5) is 11.8. The van der Waals surface area contributed by atoms with Crippen LogP contribution in [0.3, 0.4) is 0 Å². The zero-order valence-electron chi connectivity index (χ0n) is 10.9. The Morgan fingerprint density at radius 3 is 2.70 bits per heavy atom. The lowest BCUT2D eigenvalue weighted by Gasteiger charge is -2.09. The number of rotatable bonds is 4. The molecule has 0 heterocycles. The number of carbonyl (C=O) groups excluding carboxylic acids is 1. The first-order valence-corrected chi connectivity index (χ1v) is 6.47. The van der Waals surface area contributed by atoms with E-state index in [1.165, 1.54) is 12.1 Å². The Balaban J connectivity index is 1.92. The fourth-order valence-electron chi connectivity index (χ4n) is 1.79. The number of anilines is 2. The largest absolute Gasteiger partial charge is 0.376 e. The summed E-state index contributed by atoms with van der Waals surface area (Å²) in [5, 5.41) is 6.13. The van der Waals surface area contributed by atoms with Crippen molar-refractivity contribution in [3.63, 3.8) is 0 Å². The van der Waals surface area contributed by atoms with E-state index in [0.29, 0.717) is 16.4 Å². The summed E-state index contributed by atoms with van der Waals surface area (Å²) in [7, 11) is 0. The van der Waals surface area contributed by atoms with Gasteiger partial charge in [-0.1, -0.05) is 17.7 Å². The van der Waals surface area contributed by atoms with Crippen molar-refractivity contribution >= 4 is 28.9 Å². The number of benzene rings is 2. The van der Waals surface area contributed by atoms with E-state index in [9.17, 15) is 9.18 Å². The molecule has 20 heavy (non-hydrogen) atoms. The topological polar surface area (TPSA) is 41.1 Å². The Kier molecular flexibility index (Phi) is 4.58. The van der Waals surface area contributed by atoms with Crippen molar-refractivity contribution < 1.29 is 9.18 Å². The molecular formula is C15H14ClFN2O. The fraction of sp³-hybridized carbons (Fsp3) is 0.133. The molecule has 0 bridgehead atoms. The molecule has 0 radical (unpaired) electrons. The molecule has 0 aliphatic heterocycles. The normalized spacial score (nSPS) is 10.2. The molecule has 1 amide bonds. The molecule has 2 aromatic carbocycles. The van der Waals surface area contributed by atoms with E-state index in [4.69, 9.17) is 11.6 Å². The summed E-state index contributed by atoms with van der Waals surface area (Å²) >= 11 is 5.83. The SMILES string of the molecule is Cc1cc(F)cc(NCC(=O)Nc2cccc(Cl)c2)c1. The first-order chi connectivity index (χ1) is 9.52. The summed E-state index contributed by atoms with van der Waals surface area (Å²) in [5.74, 6) is -0.558. The quantitative estimate of drug-likeness (QED) is 0.899. The maximum absolute atomic E-state index is 13.2. The van der Waals surface area contributed by atoms with Crippen molar-refractivity contribution in [2.24, 2.45) is 0 Å². The fourth-order valence-corrected chi connectivity index (χ4v) is 1.98. The van der Waals surface area contributed by atoms with E-state index in [-0.39, 0.29) is 18.3 Å². The molecule has 2 N–H and O–H groups in total. The Bertz CT molecular complexity index is 611. The zero-order valence-corrected chi connectivity index (χ0v) is 11.7. The van der Waals surface area contributed by atoms with Gasteiger partial charge in [0.2, 0.25) is 5.91 Å². The number of halogens is 2. The Hall–Kier alpha value is -2.07. The minimum absolute atomic E-state index is 0.0510. The molecule has 5 heteroatoms. The van der Waals surface area contributed by atoms with Crippen molar-refractivity contribution in [3.05, 3.63) is 58.9 Å². The van der Waals surface area contributed by atoms with E-state index < -0.39 is 0 Å². The van der Waals surface area contributed by atoms with Crippen LogP contribution < -0.4 is 10.6 Å². The number of nitrogens with one attached hydrogen (secondary N) is 2. The van der Waals surface area contributed by atoms with E-state index in [1.807, 2.05) is 0 Å². The lowest BCUT2D eigenvalue weighted by molar-refractivity contribution is -0.114. The van der Waals surface area contributed by atoms with Crippen LogP contribution >= 0.6 is 11.6 Å². The van der Waals surface area contributed by atoms with Gasteiger partial charge in [-0.15, -0.1) is 0 Å². The number of amides is 1. The summed E-state index contributed by atoms with van der Waals surface area (Å²) in [6, 6.07) is 11.4. The van der Waals surface area contributed by atoms with Gasteiger partial charge >= 0.3 is 0 Å². The van der Waals surface area contributed by atoms with Crippen LogP contribution in [-0.2, 0) is 4.79 Å². The molecule has 0 atom stereocenters. The molecule has 104 valence electrons. The number of aryl methyl sites for hydroxylation is 1. The van der Waals surface area contributed by atoms with Crippen LogP contribution in [0.25, 0.3) is 0 Å². The molecular weight excluding hydrogens is 279 g/mol. The highest BCUT2D eigenvalue weighted by atomic mass is 35.5. The molecule has 2 aromatic rings. The second kappa shape index (κ2) is 6.39. The Morgan fingerprint density at radius 1 is 1.20 bits per heavy atom. The van der Waals surface area contributed by atoms with Gasteiger partial charge in [-0.25, -0.2) is 4.39 Å². The highest BCUT2D eigenvalue weighted by molar-refractivity contribution is 6.30. The summed E-state index contributed by atoms with van der Waals surface area (Å²) in [5.41, 5.74) is 1.99. The molecule has 0 aliphatic carbocycles. The second-order valence-electron chi connectivity index (χ2n) is 4.43. The van der Waals surface area contributed by atoms with Crippen LogP contribution in [0.15, 0.2) is 42.5 Å². The van der Waals surface area contributed by atoms with Crippen molar-refractivity contribution in [2.75, 3.05) is 17.2 Å². The van der Waals surface area contributed by atoms with Crippen molar-refractivity contribution in [3.8, 4) is 0 Å². The minimum Gasteiger partial charge on any atom is -0.376 e. The number of carbonyl (C=O) groups is 1. The van der Waals surface area contributed by atoms with Crippen LogP contribution in [0.2, 0.25) is 5.02 Å². The van der Waals surface area contributed by atoms with E-state index in [2.05, 4.69) is 10.6 Å². The molecule has 3 nitrogen and oxygen atoms in total. The monoisotopic (exact) mass is 292 g/mol. The number of hydrogen-bond donors (Lipinski definition) is 2. The van der Waals surface area contributed by atoms with Gasteiger partial charge in [0.25, 0.3) is 0 Å². The molecule has 0 saturated carbocycles. The first-order valence-electron chi connectivity index (χ1n) is 6.09. The van der Waals surface area contributed by atoms with E-state index >= 15 is 0 Å². The first kappa shape index (κ1) is 14.3. The van der Waals surface area contributed by atoms with E-state index in [0.717, 1.165) is 5.56 Å². The maximum atomic E-state index is 13.2. The van der Waals surface area contributed by atoms with Crippen molar-refractivity contribution in [2.45, 2.75) is 6.92 Å². The average molecular weight is 293 g/mol. The van der Waals surface area contributed by atoms with Crippen LogP contribution in [0.4, 0.5) is 15.8 Å². The molecule has 0 fully saturated rings. The predicted octanol–water partition coefficient (Wildman–Crippen LogP) is 3.84. The summed E-state index contributed by atoms with van der Waals surface area (Å²) in [6.07, 6.45) is 0. The summed E-state index contributed by atoms with van der Waals surface area (Å²) in [6.45, 7) is 1.84. The van der Waals surface area contributed by atoms with Crippen molar-refractivity contribution in [1.29, 1.82) is 0 Å². The Labute approximate surface area is 121 Å². The van der Waals surface area contributed by atoms with Crippen molar-refractivity contribution in [1.82, 2.24) is 0 Å². The van der Waals surface area contributed by atoms with Gasteiger partial charge in [0.15, 0.2) is 0 Å². The molecule has 0 aromatic heterocycles. The molecule has 2 rings (SSSR count). The van der Waals surface area contributed by atoms with Gasteiger partial charge in [0, 0.05) is 16.4 Å². The zero-order chi connectivity index (χ0) is 14.5. The maximum Gasteiger partial charge on any atom is 0.243 e. The minimum atomic E-state index is -0.331. The average Bonchev–Trinajstić information content (AvgIpc) is 2.35. The molecule has 0 unspecified atom stereocenters. The van der Waals surface area contributed by atoms with Gasteiger partial charge in [-0.05, 0) is 48.9 Å². The molecule has 0 saturated heterocycles. The second-order valence-corrected chi connectivity index (χ2v) is 4.87. The van der Waals surface area contributed by atoms with E-state index in [1.54, 1.807) is 37.3 Å². The van der Waals surface area contributed by atoms with Crippen LogP contribution in [0.1, 0.15) is 5.56 Å². The van der Waals surface area contributed by atoms with Gasteiger partial charge < -0.3 is 10.6 Å². The highest BCUT2D eigenvalue weighted by Crippen LogP contribution is 2.15. The number of hydrogen-bond acceptors (Lipinski definition) is 2. The molecule has 0 aliphatic rings. The van der Waals surface area contributed by atoms with Gasteiger partial charge in [0.05, 0.1) is 6.54 Å². The van der Waals surface area contributed by atoms with Crippen LogP contribution in [-0.4, -0.2) is 12.5 Å². The summed E-state index contributed by atoms with van der Waals surface area (Å²) < 4.78 is 13.2.